The van der Waals surface area contributed by atoms with Crippen molar-refractivity contribution < 1.29 is 22.7 Å². The first-order valence-corrected chi connectivity index (χ1v) is 11.4. The molecule has 0 saturated carbocycles. The molecule has 0 unspecified atom stereocenters. The molecule has 4 rings (SSSR count). The van der Waals surface area contributed by atoms with Crippen molar-refractivity contribution in [2.45, 2.75) is 38.8 Å². The zero-order valence-corrected chi connectivity index (χ0v) is 17.1. The first kappa shape index (κ1) is 19.4. The number of carbonyl (C=O) groups is 1. The average Bonchev–Trinajstić information content (AvgIpc) is 3.07. The summed E-state index contributed by atoms with van der Waals surface area (Å²) in [5, 5.41) is 0.826. The van der Waals surface area contributed by atoms with E-state index in [0.717, 1.165) is 49.2 Å². The van der Waals surface area contributed by atoms with Gasteiger partial charge in [0, 0.05) is 49.8 Å². The lowest BCUT2D eigenvalue weighted by Crippen LogP contribution is -2.42. The van der Waals surface area contributed by atoms with E-state index in [4.69, 9.17) is 9.47 Å². The molecule has 2 aliphatic rings. The minimum Gasteiger partial charge on any atom is -0.465 e. The molecule has 1 saturated heterocycles. The van der Waals surface area contributed by atoms with Crippen molar-refractivity contribution >= 4 is 26.9 Å². The number of aromatic nitrogens is 1. The Hall–Kier alpha value is -1.90. The Bertz CT molecular complexity index is 1010. The fourth-order valence-electron chi connectivity index (χ4n) is 4.39. The highest BCUT2D eigenvalue weighted by molar-refractivity contribution is 7.90. The van der Waals surface area contributed by atoms with Crippen molar-refractivity contribution in [3.63, 3.8) is 0 Å². The van der Waals surface area contributed by atoms with E-state index >= 15 is 0 Å². The number of hydrogen-bond donors (Lipinski definition) is 0. The fourth-order valence-corrected chi connectivity index (χ4v) is 5.65. The first-order valence-electron chi connectivity index (χ1n) is 9.76. The van der Waals surface area contributed by atoms with Gasteiger partial charge in [0.25, 0.3) is 0 Å². The van der Waals surface area contributed by atoms with E-state index in [9.17, 15) is 13.2 Å². The number of methoxy groups -OCH3 is 1. The van der Waals surface area contributed by atoms with Crippen LogP contribution in [0.25, 0.3) is 10.9 Å². The van der Waals surface area contributed by atoms with Crippen molar-refractivity contribution in [1.82, 2.24) is 8.87 Å². The summed E-state index contributed by atoms with van der Waals surface area (Å²) in [7, 11) is -2.09. The van der Waals surface area contributed by atoms with E-state index in [2.05, 4.69) is 4.90 Å². The standard InChI is InChI=1S/C20H26N2O5S/c1-3-28(24,25)22-18-5-4-14(20(23)26-2)12-16(18)17-13-21(9-6-19(17)22)15-7-10-27-11-8-15/h4-5,12,15H,3,6-11,13H2,1-2H3. The highest BCUT2D eigenvalue weighted by Gasteiger charge is 2.32. The second-order valence-corrected chi connectivity index (χ2v) is 9.48. The van der Waals surface area contributed by atoms with Gasteiger partial charge in [0.2, 0.25) is 10.0 Å². The lowest BCUT2D eigenvalue weighted by molar-refractivity contribution is 0.0290. The predicted octanol–water partition coefficient (Wildman–Crippen LogP) is 2.16. The summed E-state index contributed by atoms with van der Waals surface area (Å²) < 4.78 is 37.5. The number of carbonyl (C=O) groups excluding carboxylic acids is 1. The molecule has 28 heavy (non-hydrogen) atoms. The summed E-state index contributed by atoms with van der Waals surface area (Å²) in [6.45, 7) is 4.72. The number of rotatable bonds is 4. The van der Waals surface area contributed by atoms with Crippen LogP contribution in [-0.4, -0.2) is 61.9 Å². The van der Waals surface area contributed by atoms with Crippen LogP contribution in [0.3, 0.4) is 0 Å². The van der Waals surface area contributed by atoms with Crippen molar-refractivity contribution in [2.24, 2.45) is 0 Å². The average molecular weight is 407 g/mol. The Morgan fingerprint density at radius 1 is 1.29 bits per heavy atom. The van der Waals surface area contributed by atoms with Crippen LogP contribution in [0.2, 0.25) is 0 Å². The van der Waals surface area contributed by atoms with E-state index in [1.165, 1.54) is 11.1 Å². The van der Waals surface area contributed by atoms with E-state index in [1.54, 1.807) is 25.1 Å². The number of benzene rings is 1. The Labute approximate surface area is 165 Å². The lowest BCUT2D eigenvalue weighted by atomic mass is 9.99. The minimum absolute atomic E-state index is 0.0334. The molecule has 2 aliphatic heterocycles. The third-order valence-electron chi connectivity index (χ3n) is 5.90. The number of ether oxygens (including phenoxy) is 2. The van der Waals surface area contributed by atoms with Gasteiger partial charge in [-0.25, -0.2) is 17.2 Å². The molecule has 0 N–H and O–H groups in total. The molecule has 1 aromatic carbocycles. The summed E-state index contributed by atoms with van der Waals surface area (Å²) in [5.74, 6) is -0.384. The number of esters is 1. The fraction of sp³-hybridized carbons (Fsp3) is 0.550. The minimum atomic E-state index is -3.44. The topological polar surface area (TPSA) is 77.8 Å². The van der Waals surface area contributed by atoms with Crippen LogP contribution in [0.4, 0.5) is 0 Å². The van der Waals surface area contributed by atoms with E-state index in [-0.39, 0.29) is 5.75 Å². The summed E-state index contributed by atoms with van der Waals surface area (Å²) in [6.07, 6.45) is 2.66. The summed E-state index contributed by atoms with van der Waals surface area (Å²) in [5.41, 5.74) is 2.94. The first-order chi connectivity index (χ1) is 13.5. The second-order valence-electron chi connectivity index (χ2n) is 7.38. The Morgan fingerprint density at radius 3 is 2.71 bits per heavy atom. The van der Waals surface area contributed by atoms with Gasteiger partial charge in [-0.05, 0) is 43.5 Å². The third kappa shape index (κ3) is 3.23. The van der Waals surface area contributed by atoms with Gasteiger partial charge in [0.15, 0.2) is 0 Å². The summed E-state index contributed by atoms with van der Waals surface area (Å²) in [6, 6.07) is 5.59. The van der Waals surface area contributed by atoms with Crippen LogP contribution in [-0.2, 0) is 32.5 Å². The largest absolute Gasteiger partial charge is 0.465 e. The Balaban J connectivity index is 1.85. The van der Waals surface area contributed by atoms with Crippen molar-refractivity contribution in [1.29, 1.82) is 0 Å². The highest BCUT2D eigenvalue weighted by atomic mass is 32.2. The molecular weight excluding hydrogens is 380 g/mol. The zero-order valence-electron chi connectivity index (χ0n) is 16.3. The molecule has 2 aromatic rings. The number of nitrogens with zero attached hydrogens (tertiary/aromatic N) is 2. The quantitative estimate of drug-likeness (QED) is 0.724. The van der Waals surface area contributed by atoms with Gasteiger partial charge >= 0.3 is 5.97 Å². The normalized spacial score (nSPS) is 18.9. The maximum atomic E-state index is 12.8. The molecule has 0 bridgehead atoms. The molecule has 0 spiro atoms. The third-order valence-corrected chi connectivity index (χ3v) is 7.61. The van der Waals surface area contributed by atoms with Crippen LogP contribution < -0.4 is 0 Å². The van der Waals surface area contributed by atoms with Gasteiger partial charge in [-0.15, -0.1) is 0 Å². The monoisotopic (exact) mass is 406 g/mol. The van der Waals surface area contributed by atoms with Crippen molar-refractivity contribution in [3.05, 3.63) is 35.0 Å². The van der Waals surface area contributed by atoms with Crippen LogP contribution in [0.5, 0.6) is 0 Å². The molecule has 1 aromatic heterocycles. The van der Waals surface area contributed by atoms with Gasteiger partial charge in [-0.3, -0.25) is 4.90 Å². The van der Waals surface area contributed by atoms with E-state index < -0.39 is 16.0 Å². The van der Waals surface area contributed by atoms with E-state index in [0.29, 0.717) is 30.1 Å². The van der Waals surface area contributed by atoms with Crippen molar-refractivity contribution in [3.8, 4) is 0 Å². The Kier molecular flexibility index (Phi) is 5.20. The lowest BCUT2D eigenvalue weighted by Gasteiger charge is -2.37. The number of fused-ring (bicyclic) bond motifs is 3. The molecule has 7 nitrogen and oxygen atoms in total. The molecule has 152 valence electrons. The van der Waals surface area contributed by atoms with Crippen molar-refractivity contribution in [2.75, 3.05) is 32.6 Å². The van der Waals surface area contributed by atoms with Gasteiger partial charge in [-0.1, -0.05) is 0 Å². The molecule has 0 amide bonds. The van der Waals surface area contributed by atoms with Gasteiger partial charge in [0.05, 0.1) is 23.9 Å². The Morgan fingerprint density at radius 2 is 2.04 bits per heavy atom. The number of hydrogen-bond acceptors (Lipinski definition) is 6. The van der Waals surface area contributed by atoms with Crippen LogP contribution >= 0.6 is 0 Å². The zero-order chi connectivity index (χ0) is 19.9. The maximum absolute atomic E-state index is 12.8. The molecule has 0 aliphatic carbocycles. The SMILES string of the molecule is CCS(=O)(=O)n1c2c(c3cc(C(=O)OC)ccc31)CN(C1CCOCC1)CC2. The van der Waals surface area contributed by atoms with Gasteiger partial charge in [0.1, 0.15) is 0 Å². The predicted molar refractivity (Wildman–Crippen MR) is 106 cm³/mol. The van der Waals surface area contributed by atoms with Gasteiger partial charge in [-0.2, -0.15) is 0 Å². The summed E-state index contributed by atoms with van der Waals surface area (Å²) >= 11 is 0. The summed E-state index contributed by atoms with van der Waals surface area (Å²) in [4.78, 5) is 14.5. The molecule has 0 atom stereocenters. The highest BCUT2D eigenvalue weighted by Crippen LogP contribution is 2.34. The molecule has 8 heteroatoms. The smallest absolute Gasteiger partial charge is 0.337 e. The molecule has 1 fully saturated rings. The van der Waals surface area contributed by atoms with Gasteiger partial charge < -0.3 is 9.47 Å². The van der Waals surface area contributed by atoms with Crippen LogP contribution in [0.1, 0.15) is 41.4 Å². The molecule has 3 heterocycles. The molecular formula is C20H26N2O5S. The van der Waals surface area contributed by atoms with Crippen LogP contribution in [0.15, 0.2) is 18.2 Å². The second kappa shape index (κ2) is 7.50. The maximum Gasteiger partial charge on any atom is 0.337 e. The van der Waals surface area contributed by atoms with E-state index in [1.807, 2.05) is 0 Å². The van der Waals surface area contributed by atoms with Crippen LogP contribution in [0, 0.1) is 0 Å². The molecule has 0 radical (unpaired) electrons.